The van der Waals surface area contributed by atoms with Gasteiger partial charge in [0, 0.05) is 25.0 Å². The molecule has 1 rings (SSSR count). The number of aliphatic hydroxyl groups excluding tert-OH is 1. The fraction of sp³-hybridized carbons (Fsp3) is 0.759. The molecule has 0 atom stereocenters. The molecule has 0 aromatic heterocycles. The maximum atomic E-state index is 12.0. The molecule has 37 heavy (non-hydrogen) atoms. The summed E-state index contributed by atoms with van der Waals surface area (Å²) in [4.78, 5) is 22.7. The first-order chi connectivity index (χ1) is 18.0. The molecule has 1 N–H and O–H groups in total. The molecule has 212 valence electrons. The largest absolute Gasteiger partial charge is 0.493 e. The molecule has 0 aliphatic rings. The van der Waals surface area contributed by atoms with E-state index in [4.69, 9.17) is 19.3 Å². The number of methoxy groups -OCH3 is 1. The highest BCUT2D eigenvalue weighted by Gasteiger charge is 2.19. The van der Waals surface area contributed by atoms with Crippen LogP contribution in [-0.2, 0) is 16.0 Å². The lowest BCUT2D eigenvalue weighted by Crippen LogP contribution is -2.12. The molecule has 8 nitrogen and oxygen atoms in total. The number of nitro benzene ring substituents is 1. The summed E-state index contributed by atoms with van der Waals surface area (Å²) in [5.74, 6) is 0.280. The Morgan fingerprint density at radius 1 is 0.838 bits per heavy atom. The van der Waals surface area contributed by atoms with Gasteiger partial charge in [-0.1, -0.05) is 96.8 Å². The maximum absolute atomic E-state index is 12.0. The van der Waals surface area contributed by atoms with E-state index >= 15 is 0 Å². The van der Waals surface area contributed by atoms with Crippen LogP contribution in [0.2, 0.25) is 0 Å². The number of carbonyl (C=O) groups is 1. The van der Waals surface area contributed by atoms with Crippen molar-refractivity contribution >= 4 is 11.7 Å². The predicted octanol–water partition coefficient (Wildman–Crippen LogP) is 7.32. The second-order valence-electron chi connectivity index (χ2n) is 9.63. The van der Waals surface area contributed by atoms with Gasteiger partial charge in [0.25, 0.3) is 5.69 Å². The van der Waals surface area contributed by atoms with Crippen molar-refractivity contribution < 1.29 is 29.0 Å². The van der Waals surface area contributed by atoms with Gasteiger partial charge in [0.05, 0.1) is 18.1 Å². The highest BCUT2D eigenvalue weighted by Crippen LogP contribution is 2.35. The Labute approximate surface area is 223 Å². The van der Waals surface area contributed by atoms with Gasteiger partial charge in [0.2, 0.25) is 0 Å². The van der Waals surface area contributed by atoms with Crippen LogP contribution in [0.5, 0.6) is 11.5 Å². The normalized spacial score (nSPS) is 10.9. The summed E-state index contributed by atoms with van der Waals surface area (Å²) in [7, 11) is 1.44. The molecule has 0 radical (unpaired) electrons. The first-order valence-corrected chi connectivity index (χ1v) is 14.3. The van der Waals surface area contributed by atoms with Crippen LogP contribution in [0.3, 0.4) is 0 Å². The molecule has 0 spiro atoms. The number of hydrogen-bond donors (Lipinski definition) is 1. The molecular formula is C29H49NO7. The third-order valence-corrected chi connectivity index (χ3v) is 6.53. The number of ether oxygens (including phenoxy) is 3. The minimum absolute atomic E-state index is 0.0624. The number of carbonyl (C=O) groups excluding carboxylic acids is 1. The van der Waals surface area contributed by atoms with E-state index in [1.807, 2.05) is 0 Å². The zero-order valence-corrected chi connectivity index (χ0v) is 23.1. The van der Waals surface area contributed by atoms with E-state index in [2.05, 4.69) is 6.92 Å². The summed E-state index contributed by atoms with van der Waals surface area (Å²) >= 11 is 0. The molecule has 0 bridgehead atoms. The summed E-state index contributed by atoms with van der Waals surface area (Å²) in [6.45, 7) is 2.18. The smallest absolute Gasteiger partial charge is 0.305 e. The van der Waals surface area contributed by atoms with E-state index in [9.17, 15) is 14.9 Å². The van der Waals surface area contributed by atoms with E-state index < -0.39 is 4.92 Å². The molecule has 0 amide bonds. The Bertz CT molecular complexity index is 754. The molecule has 0 saturated carbocycles. The van der Waals surface area contributed by atoms with Crippen molar-refractivity contribution in [2.75, 3.05) is 26.9 Å². The van der Waals surface area contributed by atoms with Gasteiger partial charge in [-0.05, 0) is 12.5 Å². The predicted molar refractivity (Wildman–Crippen MR) is 146 cm³/mol. The Morgan fingerprint density at radius 2 is 1.38 bits per heavy atom. The monoisotopic (exact) mass is 523 g/mol. The SMILES string of the molecule is CCCCCCCCCCCCCCCCCC(=O)OCCOc1cc([N+](=O)[O-])c(CCO)cc1OC. The fourth-order valence-electron chi connectivity index (χ4n) is 4.37. The van der Waals surface area contributed by atoms with Crippen LogP contribution in [0.25, 0.3) is 0 Å². The summed E-state index contributed by atoms with van der Waals surface area (Å²) in [5, 5.41) is 20.4. The number of nitrogens with zero attached hydrogens (tertiary/aromatic N) is 1. The third kappa shape index (κ3) is 15.5. The number of unbranched alkanes of at least 4 members (excludes halogenated alkanes) is 14. The van der Waals surface area contributed by atoms with Gasteiger partial charge in [0.1, 0.15) is 13.2 Å². The number of aliphatic hydroxyl groups is 1. The summed E-state index contributed by atoms with van der Waals surface area (Å²) < 4.78 is 16.0. The van der Waals surface area contributed by atoms with E-state index in [1.165, 1.54) is 96.3 Å². The van der Waals surface area contributed by atoms with Crippen LogP contribution in [-0.4, -0.2) is 42.9 Å². The lowest BCUT2D eigenvalue weighted by atomic mass is 10.0. The van der Waals surface area contributed by atoms with Crippen LogP contribution in [0, 0.1) is 10.1 Å². The number of benzene rings is 1. The molecule has 8 heteroatoms. The number of rotatable bonds is 24. The van der Waals surface area contributed by atoms with Crippen molar-refractivity contribution in [1.29, 1.82) is 0 Å². The molecule has 0 heterocycles. The maximum Gasteiger partial charge on any atom is 0.305 e. The summed E-state index contributed by atoms with van der Waals surface area (Å²) in [5.41, 5.74) is 0.224. The van der Waals surface area contributed by atoms with E-state index in [-0.39, 0.29) is 43.6 Å². The lowest BCUT2D eigenvalue weighted by molar-refractivity contribution is -0.385. The van der Waals surface area contributed by atoms with Crippen molar-refractivity contribution in [1.82, 2.24) is 0 Å². The average Bonchev–Trinajstić information content (AvgIpc) is 2.89. The van der Waals surface area contributed by atoms with Crippen LogP contribution in [0.1, 0.15) is 115 Å². The quantitative estimate of drug-likeness (QED) is 0.0654. The van der Waals surface area contributed by atoms with Gasteiger partial charge in [-0.2, -0.15) is 0 Å². The Hall–Kier alpha value is -2.35. The Kier molecular flexibility index (Phi) is 19.2. The van der Waals surface area contributed by atoms with Crippen LogP contribution in [0.4, 0.5) is 5.69 Å². The summed E-state index contributed by atoms with van der Waals surface area (Å²) in [6, 6.07) is 2.77. The van der Waals surface area contributed by atoms with Crippen LogP contribution >= 0.6 is 0 Å². The van der Waals surface area contributed by atoms with Crippen LogP contribution < -0.4 is 9.47 Å². The molecule has 0 saturated heterocycles. The Morgan fingerprint density at radius 3 is 1.86 bits per heavy atom. The third-order valence-electron chi connectivity index (χ3n) is 6.53. The Balaban J connectivity index is 2.07. The molecule has 1 aromatic carbocycles. The van der Waals surface area contributed by atoms with Crippen LogP contribution in [0.15, 0.2) is 12.1 Å². The topological polar surface area (TPSA) is 108 Å². The van der Waals surface area contributed by atoms with E-state index in [0.29, 0.717) is 17.7 Å². The number of hydrogen-bond acceptors (Lipinski definition) is 7. The van der Waals surface area contributed by atoms with Crippen molar-refractivity contribution in [2.24, 2.45) is 0 Å². The molecule has 1 aromatic rings. The van der Waals surface area contributed by atoms with Crippen molar-refractivity contribution in [3.8, 4) is 11.5 Å². The van der Waals surface area contributed by atoms with Gasteiger partial charge in [0.15, 0.2) is 11.5 Å². The number of nitro groups is 1. The minimum Gasteiger partial charge on any atom is -0.493 e. The van der Waals surface area contributed by atoms with Gasteiger partial charge in [-0.3, -0.25) is 14.9 Å². The molecule has 0 aliphatic carbocycles. The van der Waals surface area contributed by atoms with Gasteiger partial charge >= 0.3 is 5.97 Å². The van der Waals surface area contributed by atoms with Gasteiger partial charge in [-0.25, -0.2) is 0 Å². The summed E-state index contributed by atoms with van der Waals surface area (Å²) in [6.07, 6.45) is 19.7. The highest BCUT2D eigenvalue weighted by molar-refractivity contribution is 5.69. The fourth-order valence-corrected chi connectivity index (χ4v) is 4.37. The molecular weight excluding hydrogens is 474 g/mol. The second kappa shape index (κ2) is 21.7. The van der Waals surface area contributed by atoms with E-state index in [0.717, 1.165) is 19.3 Å². The zero-order chi connectivity index (χ0) is 27.1. The number of esters is 1. The van der Waals surface area contributed by atoms with E-state index in [1.54, 1.807) is 0 Å². The average molecular weight is 524 g/mol. The molecule has 0 unspecified atom stereocenters. The highest BCUT2D eigenvalue weighted by atomic mass is 16.6. The van der Waals surface area contributed by atoms with Crippen molar-refractivity contribution in [2.45, 2.75) is 116 Å². The first kappa shape index (κ1) is 32.7. The van der Waals surface area contributed by atoms with Gasteiger partial charge in [-0.15, -0.1) is 0 Å². The van der Waals surface area contributed by atoms with Gasteiger partial charge < -0.3 is 19.3 Å². The standard InChI is InChI=1S/C29H49NO7/c1-3-4-5-6-7-8-9-10-11-12-13-14-15-16-17-18-29(32)37-22-21-36-28-24-26(30(33)34)25(19-20-31)23-27(28)35-2/h23-24,31H,3-22H2,1-2H3. The van der Waals surface area contributed by atoms with Crippen molar-refractivity contribution in [3.05, 3.63) is 27.8 Å². The minimum atomic E-state index is -0.519. The lowest BCUT2D eigenvalue weighted by Gasteiger charge is -2.13. The zero-order valence-electron chi connectivity index (χ0n) is 23.1. The molecule has 0 fully saturated rings. The molecule has 0 aliphatic heterocycles. The van der Waals surface area contributed by atoms with Crippen molar-refractivity contribution in [3.63, 3.8) is 0 Å². The second-order valence-corrected chi connectivity index (χ2v) is 9.63. The first-order valence-electron chi connectivity index (χ1n) is 14.3.